The summed E-state index contributed by atoms with van der Waals surface area (Å²) in [5.41, 5.74) is 0. The van der Waals surface area contributed by atoms with Gasteiger partial charge in [-0.3, -0.25) is 0 Å². The van der Waals surface area contributed by atoms with Crippen molar-refractivity contribution in [1.82, 2.24) is 10.6 Å². The number of sulfonamides is 1. The fourth-order valence-electron chi connectivity index (χ4n) is 1.42. The Hall–Kier alpha value is -0.600. The zero-order valence-electron chi connectivity index (χ0n) is 12.2. The topological polar surface area (TPSA) is 96.6 Å². The Labute approximate surface area is 153 Å². The molecule has 0 atom stereocenters. The van der Waals surface area contributed by atoms with Crippen LogP contribution in [0.25, 0.3) is 0 Å². The van der Waals surface area contributed by atoms with Gasteiger partial charge in [0.2, 0.25) is 10.0 Å². The molecule has 0 aromatic carbocycles. The third-order valence-electron chi connectivity index (χ3n) is 2.36. The van der Waals surface area contributed by atoms with Crippen LogP contribution in [0.1, 0.15) is 18.2 Å². The van der Waals surface area contributed by atoms with Gasteiger partial charge in [0.15, 0.2) is 5.96 Å². The molecule has 0 spiro atoms. The summed E-state index contributed by atoms with van der Waals surface area (Å²) in [5.74, 6) is 0.234. The zero-order valence-corrected chi connectivity index (χ0v) is 16.1. The van der Waals surface area contributed by atoms with Crippen LogP contribution in [0.5, 0.6) is 0 Å². The summed E-state index contributed by atoms with van der Waals surface area (Å²) in [6.07, 6.45) is -5.20. The number of nitrogens with zero attached hydrogens (tertiary/aromatic N) is 1. The van der Waals surface area contributed by atoms with Crippen molar-refractivity contribution in [2.45, 2.75) is 30.3 Å². The van der Waals surface area contributed by atoms with Crippen LogP contribution in [0.4, 0.5) is 13.2 Å². The highest BCUT2D eigenvalue weighted by atomic mass is 127. The summed E-state index contributed by atoms with van der Waals surface area (Å²) < 4.78 is 58.6. The van der Waals surface area contributed by atoms with Gasteiger partial charge in [0.05, 0.1) is 13.0 Å². The van der Waals surface area contributed by atoms with Gasteiger partial charge >= 0.3 is 6.18 Å². The van der Waals surface area contributed by atoms with Crippen molar-refractivity contribution in [2.75, 3.05) is 13.1 Å². The first-order valence-electron chi connectivity index (χ1n) is 6.32. The molecular formula is C11H18F3IN4O2S2. The molecule has 0 amide bonds. The molecule has 134 valence electrons. The normalized spacial score (nSPS) is 12.7. The van der Waals surface area contributed by atoms with Gasteiger partial charge in [-0.25, -0.2) is 18.5 Å². The molecule has 1 heterocycles. The lowest BCUT2D eigenvalue weighted by atomic mass is 10.4. The molecule has 0 aliphatic rings. The number of hydrogen-bond donors (Lipinski definition) is 3. The Morgan fingerprint density at radius 3 is 2.48 bits per heavy atom. The maximum Gasteiger partial charge on any atom is 0.390 e. The number of aliphatic imine (C=N–C) groups is 1. The number of hydrogen-bond acceptors (Lipinski definition) is 4. The molecule has 0 aliphatic heterocycles. The maximum absolute atomic E-state index is 12.1. The molecule has 4 N–H and O–H groups in total. The lowest BCUT2D eigenvalue weighted by Gasteiger charge is -2.12. The summed E-state index contributed by atoms with van der Waals surface area (Å²) in [7, 11) is -3.75. The molecule has 0 radical (unpaired) electrons. The fraction of sp³-hybridized carbons (Fsp3) is 0.545. The molecule has 0 aliphatic carbocycles. The lowest BCUT2D eigenvalue weighted by molar-refractivity contribution is -0.132. The Balaban J connectivity index is 0.00000484. The SMILES string of the molecule is CCNC(=NCc1ccc(S(N)(=O)=O)s1)NCCC(F)(F)F.I. The number of guanidine groups is 1. The Kier molecular flexibility index (Phi) is 9.39. The predicted molar refractivity (Wildman–Crippen MR) is 94.6 cm³/mol. The number of primary sulfonamides is 1. The van der Waals surface area contributed by atoms with Crippen LogP contribution in [-0.2, 0) is 16.6 Å². The van der Waals surface area contributed by atoms with Crippen molar-refractivity contribution < 1.29 is 21.6 Å². The average molecular weight is 486 g/mol. The third kappa shape index (κ3) is 9.32. The second kappa shape index (κ2) is 9.64. The van der Waals surface area contributed by atoms with Gasteiger partial charge in [-0.05, 0) is 19.1 Å². The number of nitrogens with one attached hydrogen (secondary N) is 2. The van der Waals surface area contributed by atoms with E-state index >= 15 is 0 Å². The third-order valence-corrected chi connectivity index (χ3v) is 4.86. The molecule has 1 aromatic heterocycles. The lowest BCUT2D eigenvalue weighted by Crippen LogP contribution is -2.38. The molecule has 0 bridgehead atoms. The average Bonchev–Trinajstić information content (AvgIpc) is 2.83. The number of rotatable bonds is 6. The molecule has 0 saturated heterocycles. The number of thiophene rings is 1. The van der Waals surface area contributed by atoms with Crippen LogP contribution in [0.2, 0.25) is 0 Å². The van der Waals surface area contributed by atoms with Crippen molar-refractivity contribution in [2.24, 2.45) is 10.1 Å². The van der Waals surface area contributed by atoms with E-state index in [4.69, 9.17) is 5.14 Å². The minimum absolute atomic E-state index is 0. The quantitative estimate of drug-likeness (QED) is 0.326. The molecule has 12 heteroatoms. The Morgan fingerprint density at radius 1 is 1.35 bits per heavy atom. The highest BCUT2D eigenvalue weighted by Crippen LogP contribution is 2.21. The van der Waals surface area contributed by atoms with Crippen molar-refractivity contribution in [3.8, 4) is 0 Å². The summed E-state index contributed by atoms with van der Waals surface area (Å²) >= 11 is 0.972. The molecule has 0 unspecified atom stereocenters. The van der Waals surface area contributed by atoms with E-state index in [0.29, 0.717) is 11.4 Å². The Bertz CT molecular complexity index is 617. The second-order valence-corrected chi connectivity index (χ2v) is 7.21. The van der Waals surface area contributed by atoms with Gasteiger partial charge in [0.25, 0.3) is 0 Å². The highest BCUT2D eigenvalue weighted by molar-refractivity contribution is 14.0. The summed E-state index contributed by atoms with van der Waals surface area (Å²) in [5, 5.41) is 10.4. The summed E-state index contributed by atoms with van der Waals surface area (Å²) in [6, 6.07) is 2.93. The van der Waals surface area contributed by atoms with Gasteiger partial charge in [0, 0.05) is 18.0 Å². The van der Waals surface area contributed by atoms with Gasteiger partial charge in [-0.1, -0.05) is 0 Å². The van der Waals surface area contributed by atoms with E-state index in [9.17, 15) is 21.6 Å². The molecule has 6 nitrogen and oxygen atoms in total. The molecular weight excluding hydrogens is 468 g/mol. The van der Waals surface area contributed by atoms with Crippen LogP contribution in [0.15, 0.2) is 21.3 Å². The van der Waals surface area contributed by atoms with Crippen molar-refractivity contribution in [3.63, 3.8) is 0 Å². The van der Waals surface area contributed by atoms with Gasteiger partial charge in [-0.2, -0.15) is 13.2 Å². The van der Waals surface area contributed by atoms with Gasteiger partial charge < -0.3 is 10.6 Å². The first-order chi connectivity index (χ1) is 10.1. The van der Waals surface area contributed by atoms with Gasteiger partial charge in [-0.15, -0.1) is 35.3 Å². The Morgan fingerprint density at radius 2 is 2.00 bits per heavy atom. The number of alkyl halides is 3. The van der Waals surface area contributed by atoms with Crippen LogP contribution in [-0.4, -0.2) is 33.6 Å². The molecule has 0 fully saturated rings. The van der Waals surface area contributed by atoms with Crippen LogP contribution in [0.3, 0.4) is 0 Å². The van der Waals surface area contributed by atoms with Crippen molar-refractivity contribution in [1.29, 1.82) is 0 Å². The van der Waals surface area contributed by atoms with E-state index in [1.54, 1.807) is 13.0 Å². The minimum atomic E-state index is -4.23. The predicted octanol–water partition coefficient (Wildman–Crippen LogP) is 2.02. The molecule has 23 heavy (non-hydrogen) atoms. The van der Waals surface area contributed by atoms with Crippen LogP contribution >= 0.6 is 35.3 Å². The van der Waals surface area contributed by atoms with E-state index in [1.807, 2.05) is 0 Å². The first kappa shape index (κ1) is 22.4. The van der Waals surface area contributed by atoms with E-state index in [-0.39, 0.29) is 47.2 Å². The first-order valence-corrected chi connectivity index (χ1v) is 8.68. The second-order valence-electron chi connectivity index (χ2n) is 4.25. The number of halogens is 4. The van der Waals surface area contributed by atoms with E-state index < -0.39 is 22.6 Å². The van der Waals surface area contributed by atoms with Crippen LogP contribution < -0.4 is 15.8 Å². The molecule has 0 saturated carbocycles. The molecule has 1 aromatic rings. The minimum Gasteiger partial charge on any atom is -0.357 e. The zero-order chi connectivity index (χ0) is 16.8. The van der Waals surface area contributed by atoms with Crippen LogP contribution in [0, 0.1) is 0 Å². The smallest absolute Gasteiger partial charge is 0.357 e. The summed E-state index contributed by atoms with van der Waals surface area (Å²) in [6.45, 7) is 2.12. The fourth-order valence-corrected chi connectivity index (χ4v) is 3.12. The van der Waals surface area contributed by atoms with Gasteiger partial charge in [0.1, 0.15) is 4.21 Å². The highest BCUT2D eigenvalue weighted by Gasteiger charge is 2.26. The largest absolute Gasteiger partial charge is 0.390 e. The maximum atomic E-state index is 12.1. The van der Waals surface area contributed by atoms with Crippen molar-refractivity contribution in [3.05, 3.63) is 17.0 Å². The van der Waals surface area contributed by atoms with E-state index in [0.717, 1.165) is 11.3 Å². The molecule has 1 rings (SSSR count). The standard InChI is InChI=1S/C11H17F3N4O2S2.HI/c1-2-16-10(17-6-5-11(12,13)14)18-7-8-3-4-9(21-8)22(15,19)20;/h3-4H,2,5-7H2,1H3,(H2,15,19,20)(H2,16,17,18);1H. The number of nitrogens with two attached hydrogens (primary N) is 1. The monoisotopic (exact) mass is 486 g/mol. The van der Waals surface area contributed by atoms with E-state index in [1.165, 1.54) is 6.07 Å². The summed E-state index contributed by atoms with van der Waals surface area (Å²) in [4.78, 5) is 4.74. The van der Waals surface area contributed by atoms with Crippen molar-refractivity contribution >= 4 is 51.3 Å². The van der Waals surface area contributed by atoms with E-state index in [2.05, 4.69) is 15.6 Å².